The van der Waals surface area contributed by atoms with E-state index in [4.69, 9.17) is 5.26 Å². The maximum Gasteiger partial charge on any atom is 0.141 e. The molecule has 2 heterocycles. The Morgan fingerprint density at radius 3 is 2.35 bits per heavy atom. The zero-order valence-corrected chi connectivity index (χ0v) is 14.3. The van der Waals surface area contributed by atoms with Gasteiger partial charge in [0.25, 0.3) is 0 Å². The molecular formula is C21H20F2N2O. The second-order valence-corrected chi connectivity index (χ2v) is 7.41. The minimum Gasteiger partial charge on any atom is -0.385 e. The summed E-state index contributed by atoms with van der Waals surface area (Å²) in [4.78, 5) is 2.38. The van der Waals surface area contributed by atoms with Crippen LogP contribution < -0.4 is 0 Å². The van der Waals surface area contributed by atoms with Gasteiger partial charge < -0.3 is 5.11 Å². The average molecular weight is 354 g/mol. The maximum absolute atomic E-state index is 14.5. The van der Waals surface area contributed by atoms with Crippen LogP contribution in [0.2, 0.25) is 0 Å². The Labute approximate surface area is 151 Å². The molecule has 2 bridgehead atoms. The lowest BCUT2D eigenvalue weighted by Gasteiger charge is -2.44. The number of piperidine rings is 1. The highest BCUT2D eigenvalue weighted by Gasteiger charge is 2.49. The number of aliphatic hydroxyl groups is 1. The zero-order chi connectivity index (χ0) is 18.3. The molecule has 0 spiro atoms. The van der Waals surface area contributed by atoms with Crippen LogP contribution >= 0.6 is 0 Å². The molecule has 1 N–H and O–H groups in total. The molecule has 0 aliphatic carbocycles. The van der Waals surface area contributed by atoms with Gasteiger partial charge in [-0.15, -0.1) is 0 Å². The smallest absolute Gasteiger partial charge is 0.141 e. The number of nitrogens with zero attached hydrogens (tertiary/aromatic N) is 2. The number of halogens is 2. The molecule has 0 aromatic heterocycles. The van der Waals surface area contributed by atoms with Crippen molar-refractivity contribution in [3.05, 3.63) is 70.8 Å². The van der Waals surface area contributed by atoms with Gasteiger partial charge in [-0.1, -0.05) is 30.3 Å². The van der Waals surface area contributed by atoms with Gasteiger partial charge in [-0.25, -0.2) is 8.78 Å². The van der Waals surface area contributed by atoms with Crippen molar-refractivity contribution >= 4 is 0 Å². The van der Waals surface area contributed by atoms with Crippen molar-refractivity contribution in [2.45, 2.75) is 49.9 Å². The molecule has 2 aliphatic heterocycles. The highest BCUT2D eigenvalue weighted by Crippen LogP contribution is 2.47. The molecule has 2 aliphatic rings. The Morgan fingerprint density at radius 2 is 1.73 bits per heavy atom. The standard InChI is InChI=1S/C21H20F2N2O/c22-19-9-18(20(23)8-15(19)12-24)21(26)10-16-6-7-17(11-21)25(16)13-14-4-2-1-3-5-14/h1-5,8-9,16-17,26H,6-7,10-11,13H2. The third kappa shape index (κ3) is 2.90. The Bertz CT molecular complexity index is 848. The van der Waals surface area contributed by atoms with E-state index in [1.165, 1.54) is 5.56 Å². The van der Waals surface area contributed by atoms with E-state index in [-0.39, 0.29) is 23.2 Å². The molecule has 0 radical (unpaired) electrons. The van der Waals surface area contributed by atoms with E-state index in [1.54, 1.807) is 6.07 Å². The number of fused-ring (bicyclic) bond motifs is 2. The van der Waals surface area contributed by atoms with E-state index in [0.717, 1.165) is 31.5 Å². The molecule has 5 heteroatoms. The monoisotopic (exact) mass is 354 g/mol. The lowest BCUT2D eigenvalue weighted by molar-refractivity contribution is -0.0617. The molecule has 2 aromatic rings. The Morgan fingerprint density at radius 1 is 1.08 bits per heavy atom. The van der Waals surface area contributed by atoms with E-state index >= 15 is 0 Å². The van der Waals surface area contributed by atoms with Gasteiger partial charge in [-0.3, -0.25) is 4.90 Å². The van der Waals surface area contributed by atoms with Crippen LogP contribution in [0, 0.1) is 23.0 Å². The van der Waals surface area contributed by atoms with Crippen molar-refractivity contribution in [1.82, 2.24) is 4.90 Å². The quantitative estimate of drug-likeness (QED) is 0.911. The summed E-state index contributed by atoms with van der Waals surface area (Å²) < 4.78 is 28.5. The summed E-state index contributed by atoms with van der Waals surface area (Å²) in [7, 11) is 0. The van der Waals surface area contributed by atoms with Crippen LogP contribution in [0.25, 0.3) is 0 Å². The molecular weight excluding hydrogens is 334 g/mol. The summed E-state index contributed by atoms with van der Waals surface area (Å²) in [6.45, 7) is 0.802. The SMILES string of the molecule is N#Cc1cc(F)c(C2(O)CC3CCC(C2)N3Cc2ccccc2)cc1F. The van der Waals surface area contributed by atoms with Gasteiger partial charge in [0.15, 0.2) is 0 Å². The number of benzene rings is 2. The number of nitriles is 1. The lowest BCUT2D eigenvalue weighted by Crippen LogP contribution is -2.49. The summed E-state index contributed by atoms with van der Waals surface area (Å²) >= 11 is 0. The summed E-state index contributed by atoms with van der Waals surface area (Å²) in [5.41, 5.74) is -0.534. The molecule has 2 fully saturated rings. The molecule has 2 unspecified atom stereocenters. The first-order valence-corrected chi connectivity index (χ1v) is 8.92. The van der Waals surface area contributed by atoms with Gasteiger partial charge >= 0.3 is 0 Å². The van der Waals surface area contributed by atoms with Crippen molar-refractivity contribution in [2.24, 2.45) is 0 Å². The van der Waals surface area contributed by atoms with Crippen molar-refractivity contribution in [3.8, 4) is 6.07 Å². The Balaban J connectivity index is 1.60. The predicted octanol–water partition coefficient (Wildman–Crippen LogP) is 3.85. The first-order valence-electron chi connectivity index (χ1n) is 8.92. The van der Waals surface area contributed by atoms with Gasteiger partial charge in [-0.05, 0) is 43.4 Å². The second kappa shape index (κ2) is 6.46. The number of hydrogen-bond acceptors (Lipinski definition) is 3. The minimum absolute atomic E-state index is 0.0229. The van der Waals surface area contributed by atoms with Gasteiger partial charge in [0.1, 0.15) is 17.7 Å². The van der Waals surface area contributed by atoms with E-state index in [1.807, 2.05) is 18.2 Å². The summed E-state index contributed by atoms with van der Waals surface area (Å²) in [5.74, 6) is -1.49. The van der Waals surface area contributed by atoms with E-state index in [0.29, 0.717) is 12.8 Å². The molecule has 0 amide bonds. The van der Waals surface area contributed by atoms with Gasteiger partial charge in [0.05, 0.1) is 11.2 Å². The van der Waals surface area contributed by atoms with Gasteiger partial charge in [0.2, 0.25) is 0 Å². The summed E-state index contributed by atoms with van der Waals surface area (Å²) in [6.07, 6.45) is 2.64. The minimum atomic E-state index is -1.39. The topological polar surface area (TPSA) is 47.3 Å². The third-order valence-electron chi connectivity index (χ3n) is 5.80. The molecule has 2 saturated heterocycles. The van der Waals surface area contributed by atoms with Crippen molar-refractivity contribution in [2.75, 3.05) is 0 Å². The largest absolute Gasteiger partial charge is 0.385 e. The first kappa shape index (κ1) is 17.1. The molecule has 2 atom stereocenters. The second-order valence-electron chi connectivity index (χ2n) is 7.41. The zero-order valence-electron chi connectivity index (χ0n) is 14.3. The van der Waals surface area contributed by atoms with Crippen LogP contribution in [0.5, 0.6) is 0 Å². The normalized spacial score (nSPS) is 28.1. The molecule has 2 aromatic carbocycles. The van der Waals surface area contributed by atoms with Crippen molar-refractivity contribution in [3.63, 3.8) is 0 Å². The van der Waals surface area contributed by atoms with Crippen molar-refractivity contribution in [1.29, 1.82) is 5.26 Å². The van der Waals surface area contributed by atoms with Gasteiger partial charge in [0, 0.05) is 24.2 Å². The highest BCUT2D eigenvalue weighted by atomic mass is 19.1. The molecule has 4 rings (SSSR count). The molecule has 134 valence electrons. The van der Waals surface area contributed by atoms with Crippen molar-refractivity contribution < 1.29 is 13.9 Å². The van der Waals surface area contributed by atoms with Crippen LogP contribution in [0.15, 0.2) is 42.5 Å². The van der Waals surface area contributed by atoms with E-state index in [2.05, 4.69) is 17.0 Å². The fraction of sp³-hybridized carbons (Fsp3) is 0.381. The highest BCUT2D eigenvalue weighted by molar-refractivity contribution is 5.37. The lowest BCUT2D eigenvalue weighted by atomic mass is 9.79. The number of rotatable bonds is 3. The Kier molecular flexibility index (Phi) is 4.26. The number of hydrogen-bond donors (Lipinski definition) is 1. The fourth-order valence-electron chi connectivity index (χ4n) is 4.58. The molecule has 3 nitrogen and oxygen atoms in total. The van der Waals surface area contributed by atoms with Gasteiger partial charge in [-0.2, -0.15) is 5.26 Å². The molecule has 0 saturated carbocycles. The van der Waals surface area contributed by atoms with Crippen LogP contribution in [0.4, 0.5) is 8.78 Å². The molecule has 26 heavy (non-hydrogen) atoms. The fourth-order valence-corrected chi connectivity index (χ4v) is 4.58. The van der Waals surface area contributed by atoms with E-state index < -0.39 is 17.2 Å². The summed E-state index contributed by atoms with van der Waals surface area (Å²) in [6, 6.07) is 14.0. The van der Waals surface area contributed by atoms with E-state index in [9.17, 15) is 13.9 Å². The Hall–Kier alpha value is -2.29. The van der Waals surface area contributed by atoms with Crippen LogP contribution in [-0.4, -0.2) is 22.1 Å². The maximum atomic E-state index is 14.5. The summed E-state index contributed by atoms with van der Waals surface area (Å²) in [5, 5.41) is 20.0. The third-order valence-corrected chi connectivity index (χ3v) is 5.80. The first-order chi connectivity index (χ1) is 12.5. The van der Waals surface area contributed by atoms with Crippen LogP contribution in [0.3, 0.4) is 0 Å². The predicted molar refractivity (Wildman–Crippen MR) is 93.0 cm³/mol. The van der Waals surface area contributed by atoms with Crippen LogP contribution in [-0.2, 0) is 12.1 Å². The average Bonchev–Trinajstić information content (AvgIpc) is 2.88. The van der Waals surface area contributed by atoms with Crippen LogP contribution in [0.1, 0.15) is 42.4 Å².